The van der Waals surface area contributed by atoms with Crippen LogP contribution in [0.4, 0.5) is 0 Å². The second kappa shape index (κ2) is 33.9. The third kappa shape index (κ3) is 22.6. The summed E-state index contributed by atoms with van der Waals surface area (Å²) in [6, 6.07) is 56.5. The van der Waals surface area contributed by atoms with Crippen LogP contribution in [0, 0.1) is 0 Å². The number of hydrogen-bond acceptors (Lipinski definition) is 3. The maximum Gasteiger partial charge on any atom is 0.106 e. The molecule has 0 aliphatic carbocycles. The number of nitrogens with zero attached hydrogens (tertiary/aromatic N) is 3. The second-order valence-corrected chi connectivity index (χ2v) is 15.4. The number of aromatic amines is 2. The van der Waals surface area contributed by atoms with E-state index < -0.39 is 0 Å². The number of rotatable bonds is 10. The Morgan fingerprint density at radius 2 is 0.954 bits per heavy atom. The summed E-state index contributed by atoms with van der Waals surface area (Å²) in [6.07, 6.45) is 21.0. The minimum Gasteiger partial charge on any atom is -0.361 e. The Hall–Kier alpha value is -6.59. The molecule has 0 spiro atoms. The summed E-state index contributed by atoms with van der Waals surface area (Å²) in [4.78, 5) is 18.6. The summed E-state index contributed by atoms with van der Waals surface area (Å²) >= 11 is 0. The first-order valence-corrected chi connectivity index (χ1v) is 23.9. The third-order valence-electron chi connectivity index (χ3n) is 10.4. The lowest BCUT2D eigenvalue weighted by atomic mass is 10.1. The monoisotopic (exact) mass is 866 g/mol. The Balaban J connectivity index is 0.000000202. The van der Waals surface area contributed by atoms with Crippen molar-refractivity contribution in [3.05, 3.63) is 234 Å². The molecular weight excluding hydrogens is 791 g/mol. The lowest BCUT2D eigenvalue weighted by Gasteiger charge is -1.96. The van der Waals surface area contributed by atoms with E-state index in [-0.39, 0.29) is 0 Å². The molecule has 0 aliphatic heterocycles. The van der Waals surface area contributed by atoms with Gasteiger partial charge in [-0.05, 0) is 132 Å². The van der Waals surface area contributed by atoms with Gasteiger partial charge in [-0.3, -0.25) is 9.97 Å². The Kier molecular flexibility index (Phi) is 27.5. The van der Waals surface area contributed by atoms with Crippen LogP contribution in [0.1, 0.15) is 107 Å². The van der Waals surface area contributed by atoms with Crippen molar-refractivity contribution in [1.82, 2.24) is 24.9 Å². The van der Waals surface area contributed by atoms with Gasteiger partial charge in [-0.15, -0.1) is 0 Å². The lowest BCUT2D eigenvalue weighted by Crippen LogP contribution is -1.81. The molecule has 4 heterocycles. The van der Waals surface area contributed by atoms with Crippen molar-refractivity contribution in [2.24, 2.45) is 0 Å². The van der Waals surface area contributed by atoms with Crippen LogP contribution in [0.25, 0.3) is 21.9 Å². The van der Waals surface area contributed by atoms with Gasteiger partial charge in [0.2, 0.25) is 0 Å². The van der Waals surface area contributed by atoms with Gasteiger partial charge in [0.15, 0.2) is 0 Å². The molecule has 0 aliphatic rings. The topological polar surface area (TPSA) is 70.2 Å². The molecule has 0 saturated heterocycles. The molecule has 0 radical (unpaired) electrons. The number of H-pyrrole nitrogens is 2. The largest absolute Gasteiger partial charge is 0.361 e. The maximum atomic E-state index is 4.38. The Labute approximate surface area is 391 Å². The molecule has 9 rings (SSSR count). The number of aryl methyl sites for hydroxylation is 7. The molecule has 0 amide bonds. The molecule has 5 heteroatoms. The Morgan fingerprint density at radius 1 is 0.400 bits per heavy atom. The van der Waals surface area contributed by atoms with Crippen molar-refractivity contribution in [3.63, 3.8) is 0 Å². The highest BCUT2D eigenvalue weighted by Gasteiger charge is 1.97. The average molecular weight is 866 g/mol. The van der Waals surface area contributed by atoms with Gasteiger partial charge < -0.3 is 9.97 Å². The number of nitrogens with one attached hydrogen (secondary N) is 2. The van der Waals surface area contributed by atoms with E-state index in [0.717, 1.165) is 49.0 Å². The van der Waals surface area contributed by atoms with Crippen LogP contribution >= 0.6 is 0 Å². The summed E-state index contributed by atoms with van der Waals surface area (Å²) in [5.41, 5.74) is 11.8. The standard InChI is InChI=1S/C10H11N.C10H14.C9H10N2.C9H12.C8H10.2C7H9N/c1-2-8-3-4-10-9(7-8)5-6-11-10;1-2-3-7-10-8-5-4-6-9-10;1-2-9-10-7-5-3-4-6-8(7)11-9;1-2-6-9-7-4-3-5-8-9;1-2-8-6-4-3-5-7-8;1-2-7-3-5-8-6-4-7;1-2-7-4-3-5-8-6-7/h3-7,11H,2H2,1H3;4-6,8-9H,2-3,7H2,1H3;3-6H,2H2,1H3,(H,10,11);3-5,7-8H,2,6H2,1H3;3-7H,2H2,1H3;2*3-6H,2H2,1H3. The number of hydrogen-bond donors (Lipinski definition) is 2. The molecule has 0 bridgehead atoms. The molecule has 0 saturated carbocycles. The fourth-order valence-corrected chi connectivity index (χ4v) is 6.39. The van der Waals surface area contributed by atoms with Gasteiger partial charge in [-0.25, -0.2) is 4.98 Å². The number of benzene rings is 5. The first kappa shape index (κ1) is 52.8. The number of pyridine rings is 2. The van der Waals surface area contributed by atoms with Crippen LogP contribution < -0.4 is 0 Å². The number of imidazole rings is 1. The van der Waals surface area contributed by atoms with Crippen molar-refractivity contribution >= 4 is 21.9 Å². The predicted octanol–water partition coefficient (Wildman–Crippen LogP) is 16.1. The van der Waals surface area contributed by atoms with E-state index in [2.05, 4.69) is 189 Å². The van der Waals surface area contributed by atoms with Crippen molar-refractivity contribution in [3.8, 4) is 0 Å². The van der Waals surface area contributed by atoms with E-state index in [1.54, 1.807) is 6.20 Å². The molecular formula is C60H75N5. The number of fused-ring (bicyclic) bond motifs is 2. The smallest absolute Gasteiger partial charge is 0.106 e. The molecule has 2 N–H and O–H groups in total. The highest BCUT2D eigenvalue weighted by atomic mass is 14.9. The van der Waals surface area contributed by atoms with Crippen LogP contribution in [-0.2, 0) is 44.9 Å². The second-order valence-electron chi connectivity index (χ2n) is 15.4. The van der Waals surface area contributed by atoms with Crippen LogP contribution in [0.5, 0.6) is 0 Å². The van der Waals surface area contributed by atoms with Gasteiger partial charge in [0.1, 0.15) is 5.82 Å². The molecule has 340 valence electrons. The lowest BCUT2D eigenvalue weighted by molar-refractivity contribution is 0.795. The van der Waals surface area contributed by atoms with Gasteiger partial charge in [0.25, 0.3) is 0 Å². The van der Waals surface area contributed by atoms with Crippen molar-refractivity contribution in [2.45, 2.75) is 113 Å². The predicted molar refractivity (Wildman–Crippen MR) is 282 cm³/mol. The van der Waals surface area contributed by atoms with Crippen molar-refractivity contribution < 1.29 is 0 Å². The zero-order chi connectivity index (χ0) is 46.6. The van der Waals surface area contributed by atoms with Gasteiger partial charge in [-0.1, -0.05) is 177 Å². The molecule has 9 aromatic rings. The summed E-state index contributed by atoms with van der Waals surface area (Å²) in [7, 11) is 0. The minimum absolute atomic E-state index is 0.967. The normalized spacial score (nSPS) is 9.77. The molecule has 0 fully saturated rings. The summed E-state index contributed by atoms with van der Waals surface area (Å²) < 4.78 is 0. The number of para-hydroxylation sites is 2. The summed E-state index contributed by atoms with van der Waals surface area (Å²) in [6.45, 7) is 15.1. The van der Waals surface area contributed by atoms with Crippen LogP contribution in [0.3, 0.4) is 0 Å². The molecule has 65 heavy (non-hydrogen) atoms. The summed E-state index contributed by atoms with van der Waals surface area (Å²) in [5, 5.41) is 1.31. The zero-order valence-electron chi connectivity index (χ0n) is 40.4. The van der Waals surface area contributed by atoms with Crippen LogP contribution in [0.2, 0.25) is 0 Å². The van der Waals surface area contributed by atoms with E-state index in [4.69, 9.17) is 0 Å². The fraction of sp³-hybridized carbons (Fsp3) is 0.283. The highest BCUT2D eigenvalue weighted by Crippen LogP contribution is 2.14. The third-order valence-corrected chi connectivity index (χ3v) is 10.4. The van der Waals surface area contributed by atoms with Crippen molar-refractivity contribution in [2.75, 3.05) is 0 Å². The van der Waals surface area contributed by atoms with Crippen LogP contribution in [-0.4, -0.2) is 24.9 Å². The van der Waals surface area contributed by atoms with Crippen molar-refractivity contribution in [1.29, 1.82) is 0 Å². The van der Waals surface area contributed by atoms with E-state index in [0.29, 0.717) is 0 Å². The first-order valence-electron chi connectivity index (χ1n) is 23.9. The molecule has 4 aromatic heterocycles. The average Bonchev–Trinajstić information content (AvgIpc) is 4.06. The quantitative estimate of drug-likeness (QED) is 0.144. The minimum atomic E-state index is 0.967. The number of unbranched alkanes of at least 4 members (excludes halogenated alkanes) is 1. The van der Waals surface area contributed by atoms with E-state index in [1.807, 2.05) is 73.3 Å². The Morgan fingerprint density at radius 3 is 1.45 bits per heavy atom. The first-order chi connectivity index (χ1) is 32.0. The maximum absolute atomic E-state index is 4.38. The van der Waals surface area contributed by atoms with Gasteiger partial charge in [0.05, 0.1) is 11.0 Å². The van der Waals surface area contributed by atoms with Crippen LogP contribution in [0.15, 0.2) is 195 Å². The van der Waals surface area contributed by atoms with Gasteiger partial charge in [0, 0.05) is 42.9 Å². The molecule has 0 atom stereocenters. The van der Waals surface area contributed by atoms with Gasteiger partial charge >= 0.3 is 0 Å². The van der Waals surface area contributed by atoms with E-state index >= 15 is 0 Å². The fourth-order valence-electron chi connectivity index (χ4n) is 6.39. The Bertz CT molecular complexity index is 2310. The van der Waals surface area contributed by atoms with Gasteiger partial charge in [-0.2, -0.15) is 0 Å². The zero-order valence-corrected chi connectivity index (χ0v) is 40.4. The highest BCUT2D eigenvalue weighted by molar-refractivity contribution is 5.79. The SMILES string of the molecule is CCCCc1ccccc1.CCCc1ccccc1.CCc1ccc2[nH]ccc2c1.CCc1ccccc1.CCc1cccnc1.CCc1ccncc1.CCc1nc2ccccc2[nH]1. The summed E-state index contributed by atoms with van der Waals surface area (Å²) in [5.74, 6) is 1.06. The molecule has 5 nitrogen and oxygen atoms in total. The van der Waals surface area contributed by atoms with E-state index in [1.165, 1.54) is 76.4 Å². The number of aromatic nitrogens is 5. The molecule has 5 aromatic carbocycles. The molecule has 0 unspecified atom stereocenters. The van der Waals surface area contributed by atoms with E-state index in [9.17, 15) is 0 Å².